The highest BCUT2D eigenvalue weighted by Gasteiger charge is 2.23. The van der Waals surface area contributed by atoms with Crippen LogP contribution in [0.5, 0.6) is 5.75 Å². The molecule has 1 aliphatic rings. The first-order valence-electron chi connectivity index (χ1n) is 11.6. The number of likely N-dealkylation sites (tertiary alicyclic amines) is 1. The molecule has 0 spiro atoms. The van der Waals surface area contributed by atoms with Crippen molar-refractivity contribution in [2.45, 2.75) is 31.1 Å². The Morgan fingerprint density at radius 2 is 1.71 bits per heavy atom. The van der Waals surface area contributed by atoms with E-state index in [1.54, 1.807) is 13.0 Å². The molecular formula is C27H29FN2O4S. The molecule has 184 valence electrons. The number of carbonyl (C=O) groups is 1. The van der Waals surface area contributed by atoms with Gasteiger partial charge in [0.05, 0.1) is 4.90 Å². The van der Waals surface area contributed by atoms with Crippen LogP contribution in [0.4, 0.5) is 10.1 Å². The summed E-state index contributed by atoms with van der Waals surface area (Å²) in [6, 6.07) is 19.9. The fourth-order valence-corrected chi connectivity index (χ4v) is 5.39. The summed E-state index contributed by atoms with van der Waals surface area (Å²) < 4.78 is 46.5. The van der Waals surface area contributed by atoms with Crippen LogP contribution < -0.4 is 9.46 Å². The second kappa shape index (κ2) is 10.9. The van der Waals surface area contributed by atoms with Crippen molar-refractivity contribution >= 4 is 21.6 Å². The van der Waals surface area contributed by atoms with Crippen LogP contribution in [0.15, 0.2) is 77.7 Å². The number of piperidine rings is 1. The molecule has 0 saturated carbocycles. The van der Waals surface area contributed by atoms with Crippen LogP contribution in [0.3, 0.4) is 0 Å². The number of nitrogens with one attached hydrogen (secondary N) is 1. The number of carbonyl (C=O) groups excluding carboxylic acids is 1. The van der Waals surface area contributed by atoms with Gasteiger partial charge < -0.3 is 9.64 Å². The number of ether oxygens (including phenoxy) is 1. The third-order valence-corrected chi connectivity index (χ3v) is 7.62. The summed E-state index contributed by atoms with van der Waals surface area (Å²) in [6.45, 7) is 3.06. The summed E-state index contributed by atoms with van der Waals surface area (Å²) in [5, 5.41) is 0. The fraction of sp³-hybridized carbons (Fsp3) is 0.296. The first-order chi connectivity index (χ1) is 16.8. The summed E-state index contributed by atoms with van der Waals surface area (Å²) >= 11 is 0. The predicted octanol–water partition coefficient (Wildman–Crippen LogP) is 4.80. The normalized spacial score (nSPS) is 14.5. The van der Waals surface area contributed by atoms with Crippen molar-refractivity contribution in [1.29, 1.82) is 0 Å². The molecule has 1 heterocycles. The lowest BCUT2D eigenvalue weighted by molar-refractivity contribution is -0.134. The summed E-state index contributed by atoms with van der Waals surface area (Å²) in [4.78, 5) is 14.6. The molecule has 8 heteroatoms. The lowest BCUT2D eigenvalue weighted by atomic mass is 9.90. The van der Waals surface area contributed by atoms with E-state index in [1.807, 2.05) is 11.0 Å². The number of rotatable bonds is 8. The molecule has 3 aromatic carbocycles. The Morgan fingerprint density at radius 1 is 1.03 bits per heavy atom. The minimum Gasteiger partial charge on any atom is -0.483 e. The number of halogens is 1. The molecule has 0 bridgehead atoms. The molecule has 3 aromatic rings. The molecule has 0 aromatic heterocycles. The van der Waals surface area contributed by atoms with E-state index in [9.17, 15) is 17.6 Å². The smallest absolute Gasteiger partial charge is 0.261 e. The second-order valence-electron chi connectivity index (χ2n) is 8.84. The van der Waals surface area contributed by atoms with Gasteiger partial charge in [-0.25, -0.2) is 12.8 Å². The first-order valence-corrected chi connectivity index (χ1v) is 13.1. The first kappa shape index (κ1) is 24.7. The summed E-state index contributed by atoms with van der Waals surface area (Å²) in [7, 11) is -3.84. The summed E-state index contributed by atoms with van der Waals surface area (Å²) in [5.74, 6) is 0.509. The Balaban J connectivity index is 1.29. The van der Waals surface area contributed by atoms with Crippen LogP contribution >= 0.6 is 0 Å². The highest BCUT2D eigenvalue weighted by Crippen LogP contribution is 2.25. The van der Waals surface area contributed by atoms with Gasteiger partial charge in [-0.05, 0) is 85.7 Å². The van der Waals surface area contributed by atoms with E-state index in [1.165, 1.54) is 42.0 Å². The lowest BCUT2D eigenvalue weighted by Gasteiger charge is -2.32. The van der Waals surface area contributed by atoms with E-state index >= 15 is 0 Å². The van der Waals surface area contributed by atoms with Gasteiger partial charge in [-0.15, -0.1) is 0 Å². The summed E-state index contributed by atoms with van der Waals surface area (Å²) in [5.41, 5.74) is 2.19. The average molecular weight is 497 g/mol. The molecule has 1 amide bonds. The molecule has 1 fully saturated rings. The zero-order valence-electron chi connectivity index (χ0n) is 19.6. The van der Waals surface area contributed by atoms with Gasteiger partial charge in [-0.3, -0.25) is 9.52 Å². The standard InChI is InChI=1S/C27H29FN2O4S/c1-20-17-25(35(32,33)29-24-9-7-23(28)8-10-24)11-12-26(20)34-19-27(31)30-15-13-22(14-16-30)18-21-5-3-2-4-6-21/h2-12,17,22,29H,13-16,18-19H2,1H3. The molecule has 1 N–H and O–H groups in total. The van der Waals surface area contributed by atoms with Crippen LogP contribution in [0, 0.1) is 18.7 Å². The van der Waals surface area contributed by atoms with Gasteiger partial charge in [0.2, 0.25) is 0 Å². The quantitative estimate of drug-likeness (QED) is 0.486. The van der Waals surface area contributed by atoms with Crippen molar-refractivity contribution in [3.05, 3.63) is 89.7 Å². The van der Waals surface area contributed by atoms with Crippen LogP contribution in [0.2, 0.25) is 0 Å². The van der Waals surface area contributed by atoms with E-state index in [0.29, 0.717) is 30.3 Å². The van der Waals surface area contributed by atoms with Gasteiger partial charge in [0, 0.05) is 18.8 Å². The van der Waals surface area contributed by atoms with Gasteiger partial charge in [-0.2, -0.15) is 0 Å². The van der Waals surface area contributed by atoms with Crippen LogP contribution in [0.25, 0.3) is 0 Å². The Bertz CT molecular complexity index is 1260. The molecule has 0 radical (unpaired) electrons. The molecule has 4 rings (SSSR count). The SMILES string of the molecule is Cc1cc(S(=O)(=O)Nc2ccc(F)cc2)ccc1OCC(=O)N1CCC(Cc2ccccc2)CC1. The van der Waals surface area contributed by atoms with E-state index in [4.69, 9.17) is 4.74 Å². The molecular weight excluding hydrogens is 467 g/mol. The van der Waals surface area contributed by atoms with Crippen molar-refractivity contribution in [2.24, 2.45) is 5.92 Å². The number of benzene rings is 3. The predicted molar refractivity (Wildman–Crippen MR) is 133 cm³/mol. The maximum atomic E-state index is 13.1. The van der Waals surface area contributed by atoms with Crippen molar-refractivity contribution in [2.75, 3.05) is 24.4 Å². The van der Waals surface area contributed by atoms with Crippen molar-refractivity contribution in [3.8, 4) is 5.75 Å². The maximum absolute atomic E-state index is 13.1. The van der Waals surface area contributed by atoms with Crippen molar-refractivity contribution in [3.63, 3.8) is 0 Å². The topological polar surface area (TPSA) is 75.7 Å². The van der Waals surface area contributed by atoms with E-state index in [2.05, 4.69) is 29.0 Å². The van der Waals surface area contributed by atoms with Gasteiger partial charge >= 0.3 is 0 Å². The highest BCUT2D eigenvalue weighted by molar-refractivity contribution is 7.92. The third kappa shape index (κ3) is 6.60. The van der Waals surface area contributed by atoms with Gasteiger partial charge in [-0.1, -0.05) is 30.3 Å². The zero-order chi connectivity index (χ0) is 24.8. The van der Waals surface area contributed by atoms with Gasteiger partial charge in [0.1, 0.15) is 11.6 Å². The van der Waals surface area contributed by atoms with Crippen LogP contribution in [-0.4, -0.2) is 38.9 Å². The Morgan fingerprint density at radius 3 is 2.37 bits per heavy atom. The number of anilines is 1. The largest absolute Gasteiger partial charge is 0.483 e. The molecule has 6 nitrogen and oxygen atoms in total. The Labute approximate surface area is 205 Å². The number of sulfonamides is 1. The fourth-order valence-electron chi connectivity index (χ4n) is 4.25. The van der Waals surface area contributed by atoms with E-state index in [-0.39, 0.29) is 23.1 Å². The number of nitrogens with zero attached hydrogens (tertiary/aromatic N) is 1. The molecule has 0 aliphatic carbocycles. The second-order valence-corrected chi connectivity index (χ2v) is 10.5. The Kier molecular flexibility index (Phi) is 7.70. The molecule has 1 saturated heterocycles. The Hall–Kier alpha value is -3.39. The van der Waals surface area contributed by atoms with Gasteiger partial charge in [0.25, 0.3) is 15.9 Å². The van der Waals surface area contributed by atoms with Crippen molar-refractivity contribution in [1.82, 2.24) is 4.90 Å². The minimum absolute atomic E-state index is 0.0542. The number of hydrogen-bond acceptors (Lipinski definition) is 4. The lowest BCUT2D eigenvalue weighted by Crippen LogP contribution is -2.41. The number of aryl methyl sites for hydroxylation is 1. The number of amides is 1. The third-order valence-electron chi connectivity index (χ3n) is 6.24. The van der Waals surface area contributed by atoms with Crippen LogP contribution in [0.1, 0.15) is 24.0 Å². The molecule has 1 aliphatic heterocycles. The van der Waals surface area contributed by atoms with E-state index < -0.39 is 15.8 Å². The monoisotopic (exact) mass is 496 g/mol. The average Bonchev–Trinajstić information content (AvgIpc) is 2.85. The summed E-state index contributed by atoms with van der Waals surface area (Å²) in [6.07, 6.45) is 2.96. The van der Waals surface area contributed by atoms with Crippen molar-refractivity contribution < 1.29 is 22.3 Å². The maximum Gasteiger partial charge on any atom is 0.261 e. The van der Waals surface area contributed by atoms with Gasteiger partial charge in [0.15, 0.2) is 6.61 Å². The van der Waals surface area contributed by atoms with E-state index in [0.717, 1.165) is 19.3 Å². The molecule has 0 atom stereocenters. The number of hydrogen-bond donors (Lipinski definition) is 1. The zero-order valence-corrected chi connectivity index (χ0v) is 20.4. The molecule has 35 heavy (non-hydrogen) atoms. The highest BCUT2D eigenvalue weighted by atomic mass is 32.2. The molecule has 0 unspecified atom stereocenters. The minimum atomic E-state index is -3.84. The van der Waals surface area contributed by atoms with Crippen LogP contribution in [-0.2, 0) is 21.2 Å².